The Balaban J connectivity index is 1.41. The molecule has 0 bridgehead atoms. The molecule has 1 amide bonds. The number of hydrogen-bond donors (Lipinski definition) is 3. The highest BCUT2D eigenvalue weighted by Gasteiger charge is 2.28. The second-order valence-electron chi connectivity index (χ2n) is 11.4. The fourth-order valence-corrected chi connectivity index (χ4v) is 5.47. The third-order valence-electron chi connectivity index (χ3n) is 7.76. The molecule has 1 heterocycles. The molecule has 4 rings (SSSR count). The Morgan fingerprint density at radius 1 is 0.907 bits per heavy atom. The molecule has 0 aliphatic carbocycles. The number of nitrogens with zero attached hydrogens (tertiary/aromatic N) is 1. The van der Waals surface area contributed by atoms with Gasteiger partial charge in [-0.25, -0.2) is 4.98 Å². The van der Waals surface area contributed by atoms with Gasteiger partial charge in [-0.15, -0.1) is 0 Å². The Labute approximate surface area is 253 Å². The van der Waals surface area contributed by atoms with E-state index in [9.17, 15) is 19.5 Å². The summed E-state index contributed by atoms with van der Waals surface area (Å²) in [5.74, 6) is -0.256. The van der Waals surface area contributed by atoms with Crippen molar-refractivity contribution < 1.29 is 19.5 Å². The van der Waals surface area contributed by atoms with Gasteiger partial charge in [-0.1, -0.05) is 60.7 Å². The molecule has 3 N–H and O–H groups in total. The predicted molar refractivity (Wildman–Crippen MR) is 172 cm³/mol. The molecule has 0 saturated carbocycles. The number of pyridine rings is 1. The molecule has 0 aliphatic rings. The number of carbonyl (C=O) groups is 3. The molecule has 0 aliphatic heterocycles. The average molecular weight is 580 g/mol. The summed E-state index contributed by atoms with van der Waals surface area (Å²) in [7, 11) is 0. The Kier molecular flexibility index (Phi) is 10.8. The summed E-state index contributed by atoms with van der Waals surface area (Å²) in [6, 6.07) is 23.3. The fourth-order valence-electron chi connectivity index (χ4n) is 5.47. The molecule has 7 heteroatoms. The van der Waals surface area contributed by atoms with Gasteiger partial charge in [0.05, 0.1) is 6.10 Å². The first-order chi connectivity index (χ1) is 20.6. The van der Waals surface area contributed by atoms with Gasteiger partial charge in [0.25, 0.3) is 0 Å². The molecule has 1 aromatic heterocycles. The lowest BCUT2D eigenvalue weighted by molar-refractivity contribution is -0.130. The van der Waals surface area contributed by atoms with E-state index >= 15 is 0 Å². The lowest BCUT2D eigenvalue weighted by Gasteiger charge is -2.23. The van der Waals surface area contributed by atoms with Crippen LogP contribution < -0.4 is 10.6 Å². The number of anilines is 1. The lowest BCUT2D eigenvalue weighted by atomic mass is 9.86. The van der Waals surface area contributed by atoms with Crippen LogP contribution in [0.15, 0.2) is 79.0 Å². The Morgan fingerprint density at radius 3 is 2.30 bits per heavy atom. The van der Waals surface area contributed by atoms with E-state index in [1.54, 1.807) is 6.20 Å². The van der Waals surface area contributed by atoms with Gasteiger partial charge < -0.3 is 20.5 Å². The van der Waals surface area contributed by atoms with Gasteiger partial charge in [-0.2, -0.15) is 0 Å². The van der Waals surface area contributed by atoms with Crippen LogP contribution in [-0.4, -0.2) is 46.3 Å². The Bertz CT molecular complexity index is 1580. The number of aliphatic hydroxyl groups is 1. The zero-order valence-corrected chi connectivity index (χ0v) is 25.4. The summed E-state index contributed by atoms with van der Waals surface area (Å²) in [4.78, 5) is 42.5. The molecule has 7 nitrogen and oxygen atoms in total. The van der Waals surface area contributed by atoms with Crippen molar-refractivity contribution in [1.82, 2.24) is 10.3 Å². The Hall–Kier alpha value is -4.36. The SMILES string of the molecule is CC(=O)C[C@H](CC(=O)[C@@H](NC(=O)CCCNc1cc(C)ccn1)[C@@H](C)O)c1ccc(-c2ccc(C)c3ccccc23)cc1. The highest BCUT2D eigenvalue weighted by atomic mass is 16.3. The summed E-state index contributed by atoms with van der Waals surface area (Å²) in [5.41, 5.74) is 5.35. The van der Waals surface area contributed by atoms with E-state index in [0.717, 1.165) is 28.1 Å². The average Bonchev–Trinajstić information content (AvgIpc) is 2.98. The highest BCUT2D eigenvalue weighted by molar-refractivity contribution is 5.98. The van der Waals surface area contributed by atoms with Crippen LogP contribution in [0.1, 0.15) is 62.1 Å². The number of amides is 1. The van der Waals surface area contributed by atoms with Gasteiger partial charge in [0.2, 0.25) is 5.91 Å². The Morgan fingerprint density at radius 2 is 1.63 bits per heavy atom. The molecule has 0 saturated heterocycles. The molecule has 0 fully saturated rings. The monoisotopic (exact) mass is 579 g/mol. The number of fused-ring (bicyclic) bond motifs is 1. The van der Waals surface area contributed by atoms with E-state index in [1.165, 1.54) is 30.2 Å². The number of rotatable bonds is 14. The molecular weight excluding hydrogens is 538 g/mol. The van der Waals surface area contributed by atoms with Crippen LogP contribution in [0.25, 0.3) is 21.9 Å². The number of carbonyl (C=O) groups excluding carboxylic acids is 3. The van der Waals surface area contributed by atoms with Gasteiger partial charge in [0.15, 0.2) is 5.78 Å². The van der Waals surface area contributed by atoms with Crippen molar-refractivity contribution in [2.24, 2.45) is 0 Å². The molecule has 43 heavy (non-hydrogen) atoms. The first-order valence-electron chi connectivity index (χ1n) is 14.9. The number of aliphatic hydroxyl groups excluding tert-OH is 1. The summed E-state index contributed by atoms with van der Waals surface area (Å²) in [6.45, 7) is 7.64. The molecule has 0 spiro atoms. The van der Waals surface area contributed by atoms with Crippen LogP contribution in [0.2, 0.25) is 0 Å². The molecule has 0 radical (unpaired) electrons. The van der Waals surface area contributed by atoms with Crippen LogP contribution >= 0.6 is 0 Å². The molecule has 3 aromatic carbocycles. The van der Waals surface area contributed by atoms with Crippen molar-refractivity contribution in [3.63, 3.8) is 0 Å². The summed E-state index contributed by atoms with van der Waals surface area (Å²) < 4.78 is 0. The van der Waals surface area contributed by atoms with Gasteiger partial charge in [0.1, 0.15) is 17.6 Å². The van der Waals surface area contributed by atoms with Crippen LogP contribution in [0.5, 0.6) is 0 Å². The predicted octanol–water partition coefficient (Wildman–Crippen LogP) is 6.30. The third kappa shape index (κ3) is 8.58. The molecular formula is C36H41N3O4. The van der Waals surface area contributed by atoms with E-state index in [-0.39, 0.29) is 42.7 Å². The molecule has 3 atom stereocenters. The highest BCUT2D eigenvalue weighted by Crippen LogP contribution is 2.33. The number of nitrogens with one attached hydrogen (secondary N) is 2. The standard InChI is InChI=1S/C36H41N3O4/c1-23-17-19-38-34(20-23)37-18-7-10-35(43)39-36(26(4)41)33(42)22-29(21-25(3)40)27-12-14-28(15-13-27)31-16-11-24(2)30-8-5-6-9-32(30)31/h5-6,8-9,11-17,19-20,26,29,36,41H,7,10,18,21-22H2,1-4H3,(H,37,38)(H,39,43)/t26-,29-,36+/m1/s1. The van der Waals surface area contributed by atoms with Crippen molar-refractivity contribution in [1.29, 1.82) is 0 Å². The third-order valence-corrected chi connectivity index (χ3v) is 7.76. The summed E-state index contributed by atoms with van der Waals surface area (Å²) in [5, 5.41) is 18.7. The first kappa shape index (κ1) is 31.6. The van der Waals surface area contributed by atoms with Crippen LogP contribution in [0.4, 0.5) is 5.82 Å². The topological polar surface area (TPSA) is 108 Å². The number of benzene rings is 3. The van der Waals surface area contributed by atoms with Crippen molar-refractivity contribution in [2.75, 3.05) is 11.9 Å². The number of Topliss-reactive ketones (excluding diaryl/α,β-unsaturated/α-hetero) is 2. The lowest BCUT2D eigenvalue weighted by Crippen LogP contribution is -2.48. The largest absolute Gasteiger partial charge is 0.391 e. The smallest absolute Gasteiger partial charge is 0.220 e. The minimum absolute atomic E-state index is 0.0281. The maximum absolute atomic E-state index is 13.4. The quantitative estimate of drug-likeness (QED) is 0.151. The van der Waals surface area contributed by atoms with Gasteiger partial charge in [-0.05, 0) is 90.8 Å². The van der Waals surface area contributed by atoms with Crippen molar-refractivity contribution in [3.05, 3.63) is 95.7 Å². The van der Waals surface area contributed by atoms with Crippen LogP contribution in [0.3, 0.4) is 0 Å². The van der Waals surface area contributed by atoms with E-state index in [1.807, 2.05) is 55.5 Å². The fraction of sp³-hybridized carbons (Fsp3) is 0.333. The van der Waals surface area contributed by atoms with Crippen LogP contribution in [-0.2, 0) is 14.4 Å². The normalized spacial score (nSPS) is 13.2. The van der Waals surface area contributed by atoms with Crippen molar-refractivity contribution in [2.45, 2.75) is 71.4 Å². The van der Waals surface area contributed by atoms with Gasteiger partial charge >= 0.3 is 0 Å². The maximum Gasteiger partial charge on any atom is 0.220 e. The number of hydrogen-bond acceptors (Lipinski definition) is 6. The second-order valence-corrected chi connectivity index (χ2v) is 11.4. The summed E-state index contributed by atoms with van der Waals surface area (Å²) >= 11 is 0. The first-order valence-corrected chi connectivity index (χ1v) is 14.9. The number of aryl methyl sites for hydroxylation is 2. The molecule has 224 valence electrons. The number of ketones is 2. The maximum atomic E-state index is 13.4. The summed E-state index contributed by atoms with van der Waals surface area (Å²) in [6.07, 6.45) is 1.61. The van der Waals surface area contributed by atoms with Gasteiger partial charge in [0, 0.05) is 32.0 Å². The van der Waals surface area contributed by atoms with Crippen LogP contribution in [0, 0.1) is 13.8 Å². The van der Waals surface area contributed by atoms with Gasteiger partial charge in [-0.3, -0.25) is 9.59 Å². The zero-order chi connectivity index (χ0) is 30.9. The molecule has 4 aromatic rings. The number of aromatic nitrogens is 1. The van der Waals surface area contributed by atoms with Crippen molar-refractivity contribution >= 4 is 34.1 Å². The van der Waals surface area contributed by atoms with Crippen molar-refractivity contribution in [3.8, 4) is 11.1 Å². The van der Waals surface area contributed by atoms with E-state index in [2.05, 4.69) is 46.8 Å². The molecule has 0 unspecified atom stereocenters. The van der Waals surface area contributed by atoms with E-state index in [0.29, 0.717) is 13.0 Å². The zero-order valence-electron chi connectivity index (χ0n) is 25.4. The van der Waals surface area contributed by atoms with E-state index in [4.69, 9.17) is 0 Å². The minimum atomic E-state index is -1.07. The minimum Gasteiger partial charge on any atom is -0.391 e. The second kappa shape index (κ2) is 14.7. The van der Waals surface area contributed by atoms with E-state index < -0.39 is 12.1 Å².